The van der Waals surface area contributed by atoms with Crippen molar-refractivity contribution in [1.82, 2.24) is 5.32 Å². The summed E-state index contributed by atoms with van der Waals surface area (Å²) in [4.78, 5) is 13.0. The van der Waals surface area contributed by atoms with Crippen molar-refractivity contribution in [3.8, 4) is 17.2 Å². The number of carbonyl (C=O) groups is 1. The van der Waals surface area contributed by atoms with Crippen molar-refractivity contribution in [2.24, 2.45) is 0 Å². The van der Waals surface area contributed by atoms with Gasteiger partial charge in [0.2, 0.25) is 5.91 Å². The maximum absolute atomic E-state index is 13.6. The Morgan fingerprint density at radius 3 is 2.20 bits per heavy atom. The molecule has 8 nitrogen and oxygen atoms in total. The number of methoxy groups -OCH3 is 2. The minimum absolute atomic E-state index is 0.0219. The summed E-state index contributed by atoms with van der Waals surface area (Å²) in [6.07, 6.45) is 0. The SMILES string of the molecule is CCOc1ccc([C@H](C)NC(=O)CN(c2ccccc2)S(=O)(=O)c2ccc(OC)c(OC)c2)cc1. The van der Waals surface area contributed by atoms with E-state index in [9.17, 15) is 13.2 Å². The zero-order chi connectivity index (χ0) is 25.4. The summed E-state index contributed by atoms with van der Waals surface area (Å²) >= 11 is 0. The highest BCUT2D eigenvalue weighted by Gasteiger charge is 2.28. The van der Waals surface area contributed by atoms with E-state index in [1.807, 2.05) is 38.1 Å². The van der Waals surface area contributed by atoms with Gasteiger partial charge in [0.25, 0.3) is 10.0 Å². The number of benzene rings is 3. The Morgan fingerprint density at radius 1 is 0.943 bits per heavy atom. The number of ether oxygens (including phenoxy) is 3. The van der Waals surface area contributed by atoms with Crippen LogP contribution in [0.3, 0.4) is 0 Å². The number of amides is 1. The van der Waals surface area contributed by atoms with E-state index in [1.165, 1.54) is 32.4 Å². The fourth-order valence-corrected chi connectivity index (χ4v) is 4.97. The molecular formula is C26H30N2O6S. The Labute approximate surface area is 206 Å². The van der Waals surface area contributed by atoms with Crippen molar-refractivity contribution in [3.05, 3.63) is 78.4 Å². The monoisotopic (exact) mass is 498 g/mol. The van der Waals surface area contributed by atoms with E-state index in [0.29, 0.717) is 18.0 Å². The Balaban J connectivity index is 1.86. The van der Waals surface area contributed by atoms with Crippen LogP contribution in [0.15, 0.2) is 77.7 Å². The summed E-state index contributed by atoms with van der Waals surface area (Å²) in [7, 11) is -1.20. The zero-order valence-corrected chi connectivity index (χ0v) is 21.0. The zero-order valence-electron chi connectivity index (χ0n) is 20.2. The van der Waals surface area contributed by atoms with Crippen LogP contribution in [0.2, 0.25) is 0 Å². The molecule has 0 unspecified atom stereocenters. The Hall–Kier alpha value is -3.72. The van der Waals surface area contributed by atoms with Gasteiger partial charge in [-0.05, 0) is 55.8 Å². The van der Waals surface area contributed by atoms with Gasteiger partial charge in [-0.3, -0.25) is 9.10 Å². The summed E-state index contributed by atoms with van der Waals surface area (Å²) in [5, 5.41) is 2.88. The lowest BCUT2D eigenvalue weighted by molar-refractivity contribution is -0.120. The molecule has 0 heterocycles. The number of sulfonamides is 1. The lowest BCUT2D eigenvalue weighted by Gasteiger charge is -2.25. The molecule has 3 aromatic rings. The minimum atomic E-state index is -4.10. The second-order valence-corrected chi connectivity index (χ2v) is 9.52. The molecule has 186 valence electrons. The van der Waals surface area contributed by atoms with Gasteiger partial charge in [0, 0.05) is 6.07 Å². The van der Waals surface area contributed by atoms with Gasteiger partial charge in [0.15, 0.2) is 11.5 Å². The number of carbonyl (C=O) groups excluding carboxylic acids is 1. The van der Waals surface area contributed by atoms with Crippen LogP contribution < -0.4 is 23.8 Å². The van der Waals surface area contributed by atoms with Gasteiger partial charge in [-0.25, -0.2) is 8.42 Å². The van der Waals surface area contributed by atoms with Crippen LogP contribution in [-0.2, 0) is 14.8 Å². The number of hydrogen-bond donors (Lipinski definition) is 1. The molecule has 1 amide bonds. The maximum atomic E-state index is 13.6. The van der Waals surface area contributed by atoms with Gasteiger partial charge in [0.1, 0.15) is 12.3 Å². The second kappa shape index (κ2) is 11.6. The predicted molar refractivity (Wildman–Crippen MR) is 135 cm³/mol. The molecule has 0 spiro atoms. The molecule has 0 bridgehead atoms. The van der Waals surface area contributed by atoms with E-state index >= 15 is 0 Å². The van der Waals surface area contributed by atoms with E-state index in [-0.39, 0.29) is 16.7 Å². The number of hydrogen-bond acceptors (Lipinski definition) is 6. The molecule has 0 fully saturated rings. The molecule has 1 N–H and O–H groups in total. The van der Waals surface area contributed by atoms with Gasteiger partial charge >= 0.3 is 0 Å². The number of nitrogens with one attached hydrogen (secondary N) is 1. The van der Waals surface area contributed by atoms with Crippen molar-refractivity contribution in [2.75, 3.05) is 31.7 Å². The van der Waals surface area contributed by atoms with E-state index < -0.39 is 22.5 Å². The highest BCUT2D eigenvalue weighted by atomic mass is 32.2. The van der Waals surface area contributed by atoms with Gasteiger partial charge in [-0.15, -0.1) is 0 Å². The fourth-order valence-electron chi connectivity index (χ4n) is 3.53. The molecule has 0 saturated heterocycles. The maximum Gasteiger partial charge on any atom is 0.264 e. The molecule has 3 aromatic carbocycles. The topological polar surface area (TPSA) is 94.2 Å². The summed E-state index contributed by atoms with van der Waals surface area (Å²) in [5.74, 6) is 0.972. The number of nitrogens with zero attached hydrogens (tertiary/aromatic N) is 1. The third kappa shape index (κ3) is 6.24. The first-order valence-electron chi connectivity index (χ1n) is 11.1. The minimum Gasteiger partial charge on any atom is -0.494 e. The van der Waals surface area contributed by atoms with E-state index in [2.05, 4.69) is 5.32 Å². The molecule has 0 aliphatic rings. The van der Waals surface area contributed by atoms with Crippen LogP contribution in [0.1, 0.15) is 25.5 Å². The standard InChI is InChI=1S/C26H30N2O6S/c1-5-34-22-13-11-20(12-14-22)19(2)27-26(29)18-28(21-9-7-6-8-10-21)35(30,31)23-15-16-24(32-3)25(17-23)33-4/h6-17,19H,5,18H2,1-4H3,(H,27,29)/t19-/m0/s1. The summed E-state index contributed by atoms with van der Waals surface area (Å²) in [6.45, 7) is 3.91. The molecule has 0 saturated carbocycles. The van der Waals surface area contributed by atoms with Gasteiger partial charge < -0.3 is 19.5 Å². The molecule has 0 radical (unpaired) electrons. The van der Waals surface area contributed by atoms with Crippen molar-refractivity contribution in [2.45, 2.75) is 24.8 Å². The Kier molecular flexibility index (Phi) is 8.59. The largest absolute Gasteiger partial charge is 0.494 e. The van der Waals surface area contributed by atoms with Gasteiger partial charge in [-0.2, -0.15) is 0 Å². The Bertz CT molecular complexity index is 1230. The summed E-state index contributed by atoms with van der Waals surface area (Å²) in [6, 6.07) is 19.9. The highest BCUT2D eigenvalue weighted by molar-refractivity contribution is 7.92. The van der Waals surface area contributed by atoms with Crippen LogP contribution >= 0.6 is 0 Å². The first kappa shape index (κ1) is 25.9. The molecule has 0 aromatic heterocycles. The normalized spacial score (nSPS) is 11.9. The van der Waals surface area contributed by atoms with Crippen LogP contribution in [0.4, 0.5) is 5.69 Å². The van der Waals surface area contributed by atoms with Crippen LogP contribution in [-0.4, -0.2) is 41.7 Å². The van der Waals surface area contributed by atoms with E-state index in [0.717, 1.165) is 15.6 Å². The van der Waals surface area contributed by atoms with E-state index in [4.69, 9.17) is 14.2 Å². The summed E-state index contributed by atoms with van der Waals surface area (Å²) < 4.78 is 44.3. The van der Waals surface area contributed by atoms with Crippen molar-refractivity contribution in [1.29, 1.82) is 0 Å². The Morgan fingerprint density at radius 2 is 1.60 bits per heavy atom. The number of anilines is 1. The number of rotatable bonds is 11. The smallest absolute Gasteiger partial charge is 0.264 e. The molecular weight excluding hydrogens is 468 g/mol. The molecule has 3 rings (SSSR count). The number of para-hydroxylation sites is 1. The third-order valence-electron chi connectivity index (χ3n) is 5.34. The first-order valence-corrected chi connectivity index (χ1v) is 12.6. The molecule has 1 atom stereocenters. The third-order valence-corrected chi connectivity index (χ3v) is 7.11. The predicted octanol–water partition coefficient (Wildman–Crippen LogP) is 4.18. The molecule has 9 heteroatoms. The van der Waals surface area contributed by atoms with Crippen molar-refractivity contribution >= 4 is 21.6 Å². The lowest BCUT2D eigenvalue weighted by Crippen LogP contribution is -2.41. The quantitative estimate of drug-likeness (QED) is 0.426. The lowest BCUT2D eigenvalue weighted by atomic mass is 10.1. The highest BCUT2D eigenvalue weighted by Crippen LogP contribution is 2.32. The van der Waals surface area contributed by atoms with E-state index in [1.54, 1.807) is 30.3 Å². The summed E-state index contributed by atoms with van der Waals surface area (Å²) in [5.41, 5.74) is 1.24. The van der Waals surface area contributed by atoms with Crippen LogP contribution in [0.25, 0.3) is 0 Å². The van der Waals surface area contributed by atoms with Gasteiger partial charge in [0.05, 0.1) is 37.5 Å². The fraction of sp³-hybridized carbons (Fsp3) is 0.269. The average Bonchev–Trinajstić information content (AvgIpc) is 2.87. The second-order valence-electron chi connectivity index (χ2n) is 7.66. The molecule has 0 aliphatic heterocycles. The average molecular weight is 499 g/mol. The van der Waals surface area contributed by atoms with Crippen molar-refractivity contribution < 1.29 is 27.4 Å². The van der Waals surface area contributed by atoms with Crippen molar-refractivity contribution in [3.63, 3.8) is 0 Å². The first-order chi connectivity index (χ1) is 16.8. The molecule has 0 aliphatic carbocycles. The van der Waals surface area contributed by atoms with Gasteiger partial charge in [-0.1, -0.05) is 30.3 Å². The molecule has 35 heavy (non-hydrogen) atoms. The van der Waals surface area contributed by atoms with Crippen LogP contribution in [0, 0.1) is 0 Å². The van der Waals surface area contributed by atoms with Crippen LogP contribution in [0.5, 0.6) is 17.2 Å².